The Kier molecular flexibility index (Phi) is 3.71. The second-order valence-electron chi connectivity index (χ2n) is 5.37. The van der Waals surface area contributed by atoms with Gasteiger partial charge < -0.3 is 10.6 Å². The standard InChI is InChI=1S/C15H22N2O/c1-3-17(13-7-5-12(2)6-8-13)14(18)11-15(16)9-4-10-15/h5-8H,3-4,9-11,16H2,1-2H3. The largest absolute Gasteiger partial charge is 0.325 e. The van der Waals surface area contributed by atoms with Crippen molar-refractivity contribution in [2.75, 3.05) is 11.4 Å². The molecule has 3 heteroatoms. The second kappa shape index (κ2) is 5.11. The molecule has 0 atom stereocenters. The summed E-state index contributed by atoms with van der Waals surface area (Å²) in [5.74, 6) is 0.142. The molecule has 98 valence electrons. The van der Waals surface area contributed by atoms with Crippen molar-refractivity contribution in [2.24, 2.45) is 5.73 Å². The fraction of sp³-hybridized carbons (Fsp3) is 0.533. The lowest BCUT2D eigenvalue weighted by atomic mass is 9.75. The average molecular weight is 246 g/mol. The van der Waals surface area contributed by atoms with E-state index in [-0.39, 0.29) is 11.4 Å². The molecule has 0 radical (unpaired) electrons. The van der Waals surface area contributed by atoms with Crippen LogP contribution in [0, 0.1) is 6.92 Å². The molecule has 1 aliphatic carbocycles. The zero-order valence-corrected chi connectivity index (χ0v) is 11.3. The monoisotopic (exact) mass is 246 g/mol. The van der Waals surface area contributed by atoms with Crippen LogP contribution in [0.3, 0.4) is 0 Å². The molecule has 0 heterocycles. The Hall–Kier alpha value is -1.35. The van der Waals surface area contributed by atoms with Gasteiger partial charge in [-0.05, 0) is 45.2 Å². The third-order valence-corrected chi connectivity index (χ3v) is 3.82. The van der Waals surface area contributed by atoms with E-state index in [2.05, 4.69) is 0 Å². The summed E-state index contributed by atoms with van der Waals surface area (Å²) < 4.78 is 0. The topological polar surface area (TPSA) is 46.3 Å². The molecule has 2 rings (SSSR count). The molecule has 3 nitrogen and oxygen atoms in total. The molecule has 0 saturated heterocycles. The van der Waals surface area contributed by atoms with Gasteiger partial charge in [0.25, 0.3) is 0 Å². The summed E-state index contributed by atoms with van der Waals surface area (Å²) in [4.78, 5) is 14.1. The first-order chi connectivity index (χ1) is 8.54. The highest BCUT2D eigenvalue weighted by molar-refractivity contribution is 5.94. The fourth-order valence-corrected chi connectivity index (χ4v) is 2.43. The molecule has 0 aliphatic heterocycles. The summed E-state index contributed by atoms with van der Waals surface area (Å²) >= 11 is 0. The van der Waals surface area contributed by atoms with Gasteiger partial charge >= 0.3 is 0 Å². The van der Waals surface area contributed by atoms with Crippen molar-refractivity contribution in [2.45, 2.75) is 45.1 Å². The van der Waals surface area contributed by atoms with Crippen LogP contribution in [0.15, 0.2) is 24.3 Å². The molecule has 0 spiro atoms. The zero-order valence-electron chi connectivity index (χ0n) is 11.3. The number of hydrogen-bond acceptors (Lipinski definition) is 2. The quantitative estimate of drug-likeness (QED) is 0.887. The summed E-state index contributed by atoms with van der Waals surface area (Å²) in [5.41, 5.74) is 8.08. The molecule has 1 aromatic carbocycles. The number of rotatable bonds is 4. The van der Waals surface area contributed by atoms with Gasteiger partial charge in [0.2, 0.25) is 5.91 Å². The minimum Gasteiger partial charge on any atom is -0.325 e. The van der Waals surface area contributed by atoms with Crippen LogP contribution in [-0.4, -0.2) is 18.0 Å². The number of benzene rings is 1. The number of carbonyl (C=O) groups is 1. The number of anilines is 1. The van der Waals surface area contributed by atoms with Crippen molar-refractivity contribution in [3.8, 4) is 0 Å². The second-order valence-corrected chi connectivity index (χ2v) is 5.37. The van der Waals surface area contributed by atoms with E-state index in [9.17, 15) is 4.79 Å². The molecule has 2 N–H and O–H groups in total. The van der Waals surface area contributed by atoms with Gasteiger partial charge in [0.1, 0.15) is 0 Å². The number of aryl methyl sites for hydroxylation is 1. The van der Waals surface area contributed by atoms with Crippen molar-refractivity contribution in [1.29, 1.82) is 0 Å². The van der Waals surface area contributed by atoms with Crippen LogP contribution in [0.5, 0.6) is 0 Å². The van der Waals surface area contributed by atoms with Crippen molar-refractivity contribution in [3.63, 3.8) is 0 Å². The lowest BCUT2D eigenvalue weighted by Crippen LogP contribution is -2.50. The maximum Gasteiger partial charge on any atom is 0.228 e. The van der Waals surface area contributed by atoms with Gasteiger partial charge in [0, 0.05) is 24.2 Å². The molecule has 1 amide bonds. The Morgan fingerprint density at radius 3 is 2.39 bits per heavy atom. The molecule has 0 bridgehead atoms. The summed E-state index contributed by atoms with van der Waals surface area (Å²) in [6.07, 6.45) is 3.57. The normalized spacial score (nSPS) is 17.1. The number of nitrogens with two attached hydrogens (primary N) is 1. The van der Waals surface area contributed by atoms with Crippen molar-refractivity contribution in [1.82, 2.24) is 0 Å². The Morgan fingerprint density at radius 2 is 1.94 bits per heavy atom. The SMILES string of the molecule is CCN(C(=O)CC1(N)CCC1)c1ccc(C)cc1. The molecule has 1 aromatic rings. The Morgan fingerprint density at radius 1 is 1.33 bits per heavy atom. The van der Waals surface area contributed by atoms with Gasteiger partial charge in [-0.1, -0.05) is 17.7 Å². The number of carbonyl (C=O) groups excluding carboxylic acids is 1. The third kappa shape index (κ3) is 2.72. The summed E-state index contributed by atoms with van der Waals surface area (Å²) in [7, 11) is 0. The summed E-state index contributed by atoms with van der Waals surface area (Å²) in [6.45, 7) is 4.74. The number of amides is 1. The molecule has 0 aromatic heterocycles. The van der Waals surface area contributed by atoms with E-state index < -0.39 is 0 Å². The Labute approximate surface area is 109 Å². The maximum atomic E-state index is 12.3. The first-order valence-electron chi connectivity index (χ1n) is 6.70. The van der Waals surface area contributed by atoms with E-state index in [1.165, 1.54) is 5.56 Å². The van der Waals surface area contributed by atoms with E-state index in [1.54, 1.807) is 0 Å². The van der Waals surface area contributed by atoms with Gasteiger partial charge in [-0.25, -0.2) is 0 Å². The van der Waals surface area contributed by atoms with E-state index >= 15 is 0 Å². The van der Waals surface area contributed by atoms with Crippen LogP contribution in [-0.2, 0) is 4.79 Å². The van der Waals surface area contributed by atoms with Crippen molar-refractivity contribution < 1.29 is 4.79 Å². The maximum absolute atomic E-state index is 12.3. The lowest BCUT2D eigenvalue weighted by Gasteiger charge is -2.38. The molecule has 1 aliphatic rings. The Bertz CT molecular complexity index is 421. The van der Waals surface area contributed by atoms with E-state index in [0.717, 1.165) is 24.9 Å². The molecule has 0 unspecified atom stereocenters. The highest BCUT2D eigenvalue weighted by atomic mass is 16.2. The van der Waals surface area contributed by atoms with Crippen LogP contribution in [0.4, 0.5) is 5.69 Å². The fourth-order valence-electron chi connectivity index (χ4n) is 2.43. The van der Waals surface area contributed by atoms with Gasteiger partial charge in [0.15, 0.2) is 0 Å². The highest BCUT2D eigenvalue weighted by Gasteiger charge is 2.35. The predicted octanol–water partition coefficient (Wildman–Crippen LogP) is 2.62. The summed E-state index contributed by atoms with van der Waals surface area (Å²) in [5, 5.41) is 0. The van der Waals surface area contributed by atoms with Gasteiger partial charge in [-0.3, -0.25) is 4.79 Å². The van der Waals surface area contributed by atoms with Gasteiger partial charge in [-0.15, -0.1) is 0 Å². The predicted molar refractivity (Wildman–Crippen MR) is 74.6 cm³/mol. The first kappa shape index (κ1) is 13.1. The zero-order chi connectivity index (χ0) is 13.2. The third-order valence-electron chi connectivity index (χ3n) is 3.82. The highest BCUT2D eigenvalue weighted by Crippen LogP contribution is 2.33. The summed E-state index contributed by atoms with van der Waals surface area (Å²) in [6, 6.07) is 8.07. The number of nitrogens with zero attached hydrogens (tertiary/aromatic N) is 1. The van der Waals surface area contributed by atoms with Crippen LogP contribution in [0.25, 0.3) is 0 Å². The smallest absolute Gasteiger partial charge is 0.228 e. The minimum atomic E-state index is -0.241. The van der Waals surface area contributed by atoms with Crippen LogP contribution in [0.1, 0.15) is 38.2 Å². The molecular formula is C15H22N2O. The van der Waals surface area contributed by atoms with E-state index in [4.69, 9.17) is 5.73 Å². The van der Waals surface area contributed by atoms with Gasteiger partial charge in [0.05, 0.1) is 0 Å². The van der Waals surface area contributed by atoms with Crippen LogP contribution in [0.2, 0.25) is 0 Å². The van der Waals surface area contributed by atoms with Crippen molar-refractivity contribution >= 4 is 11.6 Å². The van der Waals surface area contributed by atoms with Gasteiger partial charge in [-0.2, -0.15) is 0 Å². The number of hydrogen-bond donors (Lipinski definition) is 1. The van der Waals surface area contributed by atoms with Crippen LogP contribution >= 0.6 is 0 Å². The Balaban J connectivity index is 2.08. The molecular weight excluding hydrogens is 224 g/mol. The average Bonchev–Trinajstić information content (AvgIpc) is 2.30. The first-order valence-corrected chi connectivity index (χ1v) is 6.70. The van der Waals surface area contributed by atoms with E-state index in [0.29, 0.717) is 13.0 Å². The molecule has 1 fully saturated rings. The molecule has 18 heavy (non-hydrogen) atoms. The lowest BCUT2D eigenvalue weighted by molar-refractivity contribution is -0.120. The molecule has 1 saturated carbocycles. The van der Waals surface area contributed by atoms with E-state index in [1.807, 2.05) is 43.0 Å². The van der Waals surface area contributed by atoms with Crippen molar-refractivity contribution in [3.05, 3.63) is 29.8 Å². The minimum absolute atomic E-state index is 0.142. The van der Waals surface area contributed by atoms with Crippen LogP contribution < -0.4 is 10.6 Å².